The topological polar surface area (TPSA) is 220 Å². The van der Waals surface area contributed by atoms with E-state index in [2.05, 4.69) is 52.9 Å². The fourth-order valence-electron chi connectivity index (χ4n) is 5.97. The van der Waals surface area contributed by atoms with Crippen LogP contribution in [0.1, 0.15) is 128 Å². The van der Waals surface area contributed by atoms with Crippen molar-refractivity contribution >= 4 is 63.6 Å². The summed E-state index contributed by atoms with van der Waals surface area (Å²) in [6, 6.07) is 0. The number of hydrogen-bond acceptors (Lipinski definition) is 16. The van der Waals surface area contributed by atoms with E-state index < -0.39 is 9.84 Å². The third-order valence-electron chi connectivity index (χ3n) is 9.54. The Kier molecular flexibility index (Phi) is 38.3. The number of sulfone groups is 1. The number of esters is 1. The first kappa shape index (κ1) is 56.8. The number of aliphatic imine (C=N–C) groups is 2. The molecule has 4 N–H and O–H groups in total. The Bertz CT molecular complexity index is 1140. The average molecular weight is 915 g/mol. The number of ether oxygens (including phenoxy) is 3. The van der Waals surface area contributed by atoms with Gasteiger partial charge in [0, 0.05) is 109 Å². The Morgan fingerprint density at radius 2 is 1.16 bits per heavy atom. The van der Waals surface area contributed by atoms with Crippen molar-refractivity contribution in [2.75, 3.05) is 95.4 Å². The molecule has 11 rings (SSSR count). The highest BCUT2D eigenvalue weighted by Crippen LogP contribution is 2.13. The van der Waals surface area contributed by atoms with Gasteiger partial charge in [-0.25, -0.2) is 8.42 Å². The van der Waals surface area contributed by atoms with Crippen molar-refractivity contribution in [3.8, 4) is 0 Å². The Balaban J connectivity index is 0.000000341. The lowest BCUT2D eigenvalue weighted by molar-refractivity contribution is -0.138. The number of nitrogens with zero attached hydrogens (tertiary/aromatic N) is 2. The molecule has 18 heteroatoms. The number of carbonyl (C=O) groups excluding carboxylic acids is 5. The van der Waals surface area contributed by atoms with Crippen molar-refractivity contribution < 1.29 is 46.6 Å². The van der Waals surface area contributed by atoms with Gasteiger partial charge < -0.3 is 35.5 Å². The van der Waals surface area contributed by atoms with Gasteiger partial charge in [0.25, 0.3) is 0 Å². The number of amides is 1. The van der Waals surface area contributed by atoms with Crippen molar-refractivity contribution in [2.24, 2.45) is 9.98 Å². The van der Waals surface area contributed by atoms with Crippen LogP contribution in [0, 0.1) is 0 Å². The van der Waals surface area contributed by atoms with Gasteiger partial charge in [0.05, 0.1) is 37.5 Å². The van der Waals surface area contributed by atoms with Crippen LogP contribution in [0.4, 0.5) is 0 Å². The van der Waals surface area contributed by atoms with Crippen LogP contribution >= 0.6 is 11.8 Å². The van der Waals surface area contributed by atoms with E-state index in [4.69, 9.17) is 4.74 Å². The molecule has 8 fully saturated rings. The Hall–Kier alpha value is -3.19. The second-order valence-electron chi connectivity index (χ2n) is 15.2. The maximum Gasteiger partial charge on any atom is 0.305 e. The third-order valence-corrected chi connectivity index (χ3v) is 12.3. The van der Waals surface area contributed by atoms with E-state index in [-0.39, 0.29) is 11.9 Å². The third kappa shape index (κ3) is 40.9. The summed E-state index contributed by atoms with van der Waals surface area (Å²) in [5.74, 6) is 4.84. The van der Waals surface area contributed by atoms with Gasteiger partial charge in [-0.3, -0.25) is 34.0 Å². The molecule has 0 aromatic heterocycles. The maximum atomic E-state index is 10.4. The smallest absolute Gasteiger partial charge is 0.305 e. The van der Waals surface area contributed by atoms with Crippen LogP contribution in [0.25, 0.3) is 0 Å². The molecule has 0 aromatic carbocycles. The van der Waals surface area contributed by atoms with Gasteiger partial charge in [-0.15, -0.1) is 11.8 Å². The fraction of sp³-hybridized carbons (Fsp3) is 0.795. The number of thioether (sulfide) groups is 1. The first-order valence-corrected chi connectivity index (χ1v) is 25.9. The van der Waals surface area contributed by atoms with Crippen molar-refractivity contribution in [3.05, 3.63) is 12.2 Å². The summed E-state index contributed by atoms with van der Waals surface area (Å²) in [5.41, 5.74) is 0. The van der Waals surface area contributed by atoms with Crippen LogP contribution in [0.15, 0.2) is 22.1 Å². The zero-order chi connectivity index (χ0) is 45.0. The lowest BCUT2D eigenvalue weighted by Gasteiger charge is -1.81. The molecule has 62 heavy (non-hydrogen) atoms. The second-order valence-corrected chi connectivity index (χ2v) is 18.7. The van der Waals surface area contributed by atoms with Crippen LogP contribution < -0.4 is 21.3 Å². The molecule has 0 unspecified atom stereocenters. The Morgan fingerprint density at radius 3 is 1.31 bits per heavy atom. The van der Waals surface area contributed by atoms with Gasteiger partial charge in [0.2, 0.25) is 5.91 Å². The number of ketones is 3. The molecule has 16 nitrogen and oxygen atoms in total. The normalized spacial score (nSPS) is 22.4. The molecule has 8 heterocycles. The van der Waals surface area contributed by atoms with Gasteiger partial charge in [0.15, 0.2) is 6.40 Å². The number of nitrogens with one attached hydrogen (secondary N) is 4. The van der Waals surface area contributed by atoms with Gasteiger partial charge in [-0.05, 0) is 77.0 Å². The largest absolute Gasteiger partial charge is 0.482 e. The minimum atomic E-state index is -2.55. The molecule has 5 saturated heterocycles. The summed E-state index contributed by atoms with van der Waals surface area (Å²) in [6.07, 6.45) is 27.0. The minimum absolute atomic E-state index is 0.0463. The van der Waals surface area contributed by atoms with E-state index >= 15 is 0 Å². The monoisotopic (exact) mass is 915 g/mol. The molecular formula is C44H78N6O10S2. The van der Waals surface area contributed by atoms with Crippen LogP contribution in [0.5, 0.6) is 0 Å². The van der Waals surface area contributed by atoms with Crippen molar-refractivity contribution in [1.82, 2.24) is 21.3 Å². The van der Waals surface area contributed by atoms with Gasteiger partial charge >= 0.3 is 5.97 Å². The summed E-state index contributed by atoms with van der Waals surface area (Å²) >= 11 is 1.96. The van der Waals surface area contributed by atoms with Crippen LogP contribution in [0.2, 0.25) is 0 Å². The van der Waals surface area contributed by atoms with E-state index in [0.29, 0.717) is 41.9 Å². The zero-order valence-electron chi connectivity index (χ0n) is 37.4. The standard InChI is InChI=1S/3C5H8O.C4H7NO.C4H7N.C4H8O2S.C4H6O2.C4H8O.C3H6N2.C3H5NO.C3H7NS/c3*6-5-3-1-2-4-5;6-4-2-1-3-5-4;1-2-4-5-3-1;5-7(6)3-1-2-4-7;5-4-2-1-3-6-4;1-2-4-5-3-1;3*1-2-5-3-4-1/h3*1-4H2;1-3H2,(H,5,6);1-2,5H,3-4H2;1-4H2;1-3H2;1-4H2;3H,1-2H2,(H,4,5);3H,1-2H2;4H,1-3H2. The van der Waals surface area contributed by atoms with E-state index in [1.807, 2.05) is 11.8 Å². The van der Waals surface area contributed by atoms with Crippen molar-refractivity contribution in [3.63, 3.8) is 0 Å². The maximum absolute atomic E-state index is 10.4. The van der Waals surface area contributed by atoms with E-state index in [1.54, 1.807) is 6.34 Å². The van der Waals surface area contributed by atoms with Gasteiger partial charge in [-0.2, -0.15) is 0 Å². The van der Waals surface area contributed by atoms with Crippen LogP contribution in [-0.4, -0.2) is 146 Å². The summed E-state index contributed by atoms with van der Waals surface area (Å²) in [7, 11) is -2.55. The fourth-order valence-corrected chi connectivity index (χ4v) is 8.18. The van der Waals surface area contributed by atoms with E-state index in [0.717, 1.165) is 168 Å². The first-order chi connectivity index (χ1) is 30.2. The molecule has 11 aliphatic rings. The number of cyclic esters (lactones) is 1. The molecule has 0 spiro atoms. The van der Waals surface area contributed by atoms with Gasteiger partial charge in [0.1, 0.15) is 33.8 Å². The molecule has 0 bridgehead atoms. The number of carbonyl (C=O) groups is 5. The summed E-state index contributed by atoms with van der Waals surface area (Å²) in [5, 5.41) is 11.9. The first-order valence-electron chi connectivity index (χ1n) is 22.9. The molecule has 0 atom stereocenters. The van der Waals surface area contributed by atoms with Gasteiger partial charge in [-0.1, -0.05) is 12.2 Å². The van der Waals surface area contributed by atoms with Crippen molar-refractivity contribution in [2.45, 2.75) is 128 Å². The number of hydrogen-bond donors (Lipinski definition) is 4. The Morgan fingerprint density at radius 1 is 0.565 bits per heavy atom. The molecule has 0 aromatic rings. The number of rotatable bonds is 0. The predicted molar refractivity (Wildman–Crippen MR) is 249 cm³/mol. The van der Waals surface area contributed by atoms with Crippen molar-refractivity contribution in [1.29, 1.82) is 0 Å². The Labute approximate surface area is 376 Å². The molecule has 1 amide bonds. The molecule has 0 radical (unpaired) electrons. The molecule has 3 saturated carbocycles. The SMILES string of the molecule is C1=CCNC1.C1=NCCN1.C1=NCCO1.C1CCOC1.C1CSCN1.O=C1CCCC1.O=C1CCCC1.O=C1CCCC1.O=C1CCCN1.O=C1CCCO1.O=S1(=O)CCCC1. The average Bonchev–Trinajstić information content (AvgIpc) is 4.10. The van der Waals surface area contributed by atoms with E-state index in [9.17, 15) is 32.4 Å². The highest BCUT2D eigenvalue weighted by Gasteiger charge is 2.16. The predicted octanol–water partition coefficient (Wildman–Crippen LogP) is 4.69. The number of Topliss-reactive ketones (excluding diaryl/α,β-unsaturated/α-hetero) is 3. The highest BCUT2D eigenvalue weighted by atomic mass is 32.2. The lowest BCUT2D eigenvalue weighted by atomic mass is 10.4. The quantitative estimate of drug-likeness (QED) is 0.192. The highest BCUT2D eigenvalue weighted by molar-refractivity contribution is 7.99. The minimum Gasteiger partial charge on any atom is -0.482 e. The summed E-state index contributed by atoms with van der Waals surface area (Å²) < 4.78 is 35.0. The molecule has 3 aliphatic carbocycles. The van der Waals surface area contributed by atoms with Crippen LogP contribution in [0.3, 0.4) is 0 Å². The lowest BCUT2D eigenvalue weighted by Crippen LogP contribution is -2.12. The summed E-state index contributed by atoms with van der Waals surface area (Å²) in [4.78, 5) is 58.5. The van der Waals surface area contributed by atoms with Crippen LogP contribution in [-0.2, 0) is 48.0 Å². The van der Waals surface area contributed by atoms with E-state index in [1.165, 1.54) is 37.4 Å². The molecular weight excluding hydrogens is 837 g/mol. The molecule has 8 aliphatic heterocycles. The second kappa shape index (κ2) is 41.8. The summed E-state index contributed by atoms with van der Waals surface area (Å²) in [6.45, 7) is 10.5. The zero-order valence-corrected chi connectivity index (χ0v) is 39.0. The molecule has 356 valence electrons.